The quantitative estimate of drug-likeness (QED) is 0.395. The lowest BCUT2D eigenvalue weighted by molar-refractivity contribution is -0.159. The van der Waals surface area contributed by atoms with Crippen LogP contribution < -0.4 is 0 Å². The molecule has 0 heterocycles. The molecule has 2 saturated carbocycles. The number of hydrogen-bond acceptors (Lipinski definition) is 4. The highest BCUT2D eigenvalue weighted by Gasteiger charge is 2.36. The first kappa shape index (κ1) is 22.6. The van der Waals surface area contributed by atoms with Crippen LogP contribution in [0, 0.1) is 5.92 Å². The minimum absolute atomic E-state index is 0.245. The second kappa shape index (κ2) is 10.8. The van der Waals surface area contributed by atoms with Crippen molar-refractivity contribution >= 4 is 11.9 Å². The predicted molar refractivity (Wildman–Crippen MR) is 107 cm³/mol. The van der Waals surface area contributed by atoms with Gasteiger partial charge in [0.1, 0.15) is 11.7 Å². The van der Waals surface area contributed by atoms with Gasteiger partial charge >= 0.3 is 11.9 Å². The van der Waals surface area contributed by atoms with Gasteiger partial charge in [0, 0.05) is 5.57 Å². The molecule has 0 aromatic carbocycles. The lowest BCUT2D eigenvalue weighted by Gasteiger charge is -2.37. The van der Waals surface area contributed by atoms with Crippen LogP contribution >= 0.6 is 0 Å². The Morgan fingerprint density at radius 1 is 1.00 bits per heavy atom. The van der Waals surface area contributed by atoms with Crippen molar-refractivity contribution in [3.63, 3.8) is 0 Å². The number of ether oxygens (including phenoxy) is 2. The third-order valence-electron chi connectivity index (χ3n) is 6.16. The number of carbonyl (C=O) groups excluding carboxylic acids is 2. The van der Waals surface area contributed by atoms with E-state index in [-0.39, 0.29) is 12.1 Å². The summed E-state index contributed by atoms with van der Waals surface area (Å²) in [6.07, 6.45) is 12.6. The molecule has 0 aromatic rings. The van der Waals surface area contributed by atoms with Crippen LogP contribution in [0.3, 0.4) is 0 Å². The van der Waals surface area contributed by atoms with E-state index in [4.69, 9.17) is 9.47 Å². The topological polar surface area (TPSA) is 52.6 Å². The van der Waals surface area contributed by atoms with E-state index < -0.39 is 17.4 Å². The summed E-state index contributed by atoms with van der Waals surface area (Å²) >= 11 is 0. The summed E-state index contributed by atoms with van der Waals surface area (Å²) in [4.78, 5) is 23.7. The number of carbonyl (C=O) groups is 2. The van der Waals surface area contributed by atoms with E-state index >= 15 is 0 Å². The van der Waals surface area contributed by atoms with Gasteiger partial charge in [-0.25, -0.2) is 9.59 Å². The smallest absolute Gasteiger partial charge is 0.366 e. The van der Waals surface area contributed by atoms with Gasteiger partial charge in [-0.05, 0) is 70.6 Å². The number of hydrogen-bond donors (Lipinski definition) is 0. The van der Waals surface area contributed by atoms with Crippen LogP contribution in [0.25, 0.3) is 0 Å². The molecule has 0 spiro atoms. The zero-order valence-electron chi connectivity index (χ0n) is 17.3. The summed E-state index contributed by atoms with van der Waals surface area (Å²) in [5.41, 5.74) is 0.0327. The van der Waals surface area contributed by atoms with E-state index in [1.165, 1.54) is 19.3 Å². The molecule has 0 bridgehead atoms. The van der Waals surface area contributed by atoms with Crippen molar-refractivity contribution in [3.05, 3.63) is 24.6 Å². The molecule has 0 aromatic heterocycles. The van der Waals surface area contributed by atoms with E-state index in [2.05, 4.69) is 13.2 Å². The minimum atomic E-state index is -1.04. The molecule has 0 radical (unpaired) electrons. The Morgan fingerprint density at radius 3 is 2.25 bits per heavy atom. The molecule has 28 heavy (non-hydrogen) atoms. The molecular formula is C23H35FO4. The Hall–Kier alpha value is -1.65. The van der Waals surface area contributed by atoms with E-state index in [0.29, 0.717) is 11.5 Å². The van der Waals surface area contributed by atoms with Crippen molar-refractivity contribution in [2.24, 2.45) is 5.92 Å². The predicted octanol–water partition coefficient (Wildman–Crippen LogP) is 5.95. The third-order valence-corrected chi connectivity index (χ3v) is 6.16. The summed E-state index contributed by atoms with van der Waals surface area (Å²) in [6.45, 7) is 8.43. The number of esters is 2. The molecule has 2 aliphatic carbocycles. The van der Waals surface area contributed by atoms with Gasteiger partial charge in [-0.1, -0.05) is 38.8 Å². The molecule has 2 fully saturated rings. The lowest BCUT2D eigenvalue weighted by atomic mass is 9.78. The Kier molecular flexibility index (Phi) is 8.71. The Balaban J connectivity index is 1.97. The standard InChI is InChI=1S/C23H35FO4/c1-17(2)21(25)28-23(13-7-5-4-6-8-14-23)15-12-19-10-9-11-20(16-19)27-22(26)18(3)24/h19-20H,1,3-16H2,2H3. The molecule has 158 valence electrons. The maximum atomic E-state index is 12.9. The van der Waals surface area contributed by atoms with Gasteiger partial charge in [-0.15, -0.1) is 0 Å². The van der Waals surface area contributed by atoms with Crippen LogP contribution in [0.4, 0.5) is 4.39 Å². The third kappa shape index (κ3) is 7.06. The molecular weight excluding hydrogens is 359 g/mol. The van der Waals surface area contributed by atoms with Crippen molar-refractivity contribution in [1.82, 2.24) is 0 Å². The molecule has 2 rings (SSSR count). The molecule has 5 heteroatoms. The minimum Gasteiger partial charge on any atom is -0.457 e. The largest absolute Gasteiger partial charge is 0.457 e. The van der Waals surface area contributed by atoms with Crippen molar-refractivity contribution in [2.45, 2.75) is 102 Å². The first-order chi connectivity index (χ1) is 13.3. The van der Waals surface area contributed by atoms with Gasteiger partial charge in [-0.3, -0.25) is 0 Å². The Morgan fingerprint density at radius 2 is 1.64 bits per heavy atom. The molecule has 0 amide bonds. The van der Waals surface area contributed by atoms with Crippen LogP contribution in [0.2, 0.25) is 0 Å². The van der Waals surface area contributed by atoms with Gasteiger partial charge < -0.3 is 9.47 Å². The van der Waals surface area contributed by atoms with Gasteiger partial charge in [0.05, 0.1) is 0 Å². The second-order valence-electron chi connectivity index (χ2n) is 8.62. The summed E-state index contributed by atoms with van der Waals surface area (Å²) < 4.78 is 24.1. The van der Waals surface area contributed by atoms with Gasteiger partial charge in [0.2, 0.25) is 5.83 Å². The average molecular weight is 395 g/mol. The van der Waals surface area contributed by atoms with Crippen molar-refractivity contribution in [2.75, 3.05) is 0 Å². The van der Waals surface area contributed by atoms with Gasteiger partial charge in [0.25, 0.3) is 0 Å². The first-order valence-corrected chi connectivity index (χ1v) is 10.8. The molecule has 2 aliphatic rings. The molecule has 2 atom stereocenters. The van der Waals surface area contributed by atoms with E-state index in [9.17, 15) is 14.0 Å². The maximum Gasteiger partial charge on any atom is 0.366 e. The average Bonchev–Trinajstić information content (AvgIpc) is 2.63. The first-order valence-electron chi connectivity index (χ1n) is 10.8. The van der Waals surface area contributed by atoms with Crippen LogP contribution in [-0.2, 0) is 19.1 Å². The fourth-order valence-corrected chi connectivity index (χ4v) is 4.53. The summed E-state index contributed by atoms with van der Waals surface area (Å²) in [7, 11) is 0. The summed E-state index contributed by atoms with van der Waals surface area (Å²) in [6, 6.07) is 0. The van der Waals surface area contributed by atoms with E-state index in [1.807, 2.05) is 0 Å². The highest BCUT2D eigenvalue weighted by atomic mass is 19.1. The monoisotopic (exact) mass is 394 g/mol. The summed E-state index contributed by atoms with van der Waals surface area (Å²) in [5, 5.41) is 0. The maximum absolute atomic E-state index is 12.9. The van der Waals surface area contributed by atoms with E-state index in [0.717, 1.165) is 64.2 Å². The van der Waals surface area contributed by atoms with Gasteiger partial charge in [-0.2, -0.15) is 4.39 Å². The molecule has 2 unspecified atom stereocenters. The van der Waals surface area contributed by atoms with Crippen molar-refractivity contribution in [1.29, 1.82) is 0 Å². The van der Waals surface area contributed by atoms with Crippen molar-refractivity contribution in [3.8, 4) is 0 Å². The van der Waals surface area contributed by atoms with E-state index in [1.54, 1.807) is 6.92 Å². The van der Waals surface area contributed by atoms with Gasteiger partial charge in [0.15, 0.2) is 0 Å². The fraction of sp³-hybridized carbons (Fsp3) is 0.739. The molecule has 0 aliphatic heterocycles. The fourth-order valence-electron chi connectivity index (χ4n) is 4.53. The zero-order chi connectivity index (χ0) is 20.6. The van der Waals surface area contributed by atoms with Crippen LogP contribution in [-0.4, -0.2) is 23.6 Å². The Bertz CT molecular complexity index is 575. The lowest BCUT2D eigenvalue weighted by Crippen LogP contribution is -2.37. The molecule has 0 saturated heterocycles. The second-order valence-corrected chi connectivity index (χ2v) is 8.62. The number of rotatable bonds is 7. The number of halogens is 1. The van der Waals surface area contributed by atoms with Crippen LogP contribution in [0.5, 0.6) is 0 Å². The zero-order valence-corrected chi connectivity index (χ0v) is 17.3. The highest BCUT2D eigenvalue weighted by Crippen LogP contribution is 2.38. The molecule has 0 N–H and O–H groups in total. The SMILES string of the molecule is C=C(C)C(=O)OC1(CCC2CCCC(OC(=O)C(=C)F)C2)CCCCCCC1. The summed E-state index contributed by atoms with van der Waals surface area (Å²) in [5.74, 6) is -1.89. The van der Waals surface area contributed by atoms with Crippen molar-refractivity contribution < 1.29 is 23.5 Å². The Labute approximate surface area is 168 Å². The van der Waals surface area contributed by atoms with Crippen LogP contribution in [0.15, 0.2) is 24.6 Å². The highest BCUT2D eigenvalue weighted by molar-refractivity contribution is 5.87. The molecule has 4 nitrogen and oxygen atoms in total. The van der Waals surface area contributed by atoms with Crippen LogP contribution in [0.1, 0.15) is 90.4 Å². The normalized spacial score (nSPS) is 25.1.